The van der Waals surface area contributed by atoms with E-state index < -0.39 is 0 Å². The molecule has 0 bridgehead atoms. The largest absolute Gasteiger partial charge is 0.330 e. The maximum Gasteiger partial charge on any atom is 0.137 e. The van der Waals surface area contributed by atoms with Crippen LogP contribution in [-0.4, -0.2) is 58.5 Å². The van der Waals surface area contributed by atoms with Crippen molar-refractivity contribution in [2.45, 2.75) is 19.4 Å². The normalized spacial score (nSPS) is 17.6. The molecule has 5 heteroatoms. The van der Waals surface area contributed by atoms with Crippen molar-refractivity contribution in [3.63, 3.8) is 0 Å². The zero-order valence-corrected chi connectivity index (χ0v) is 12.6. The predicted octanol–water partition coefficient (Wildman–Crippen LogP) is 1.19. The molecule has 114 valence electrons. The van der Waals surface area contributed by atoms with Gasteiger partial charge in [-0.25, -0.2) is 4.98 Å². The molecule has 0 spiro atoms. The van der Waals surface area contributed by atoms with Gasteiger partial charge >= 0.3 is 0 Å². The number of nitrogens with two attached hydrogens (primary N) is 1. The summed E-state index contributed by atoms with van der Waals surface area (Å²) >= 11 is 0. The molecule has 2 N–H and O–H groups in total. The first kappa shape index (κ1) is 14.5. The Morgan fingerprint density at radius 1 is 1.05 bits per heavy atom. The van der Waals surface area contributed by atoms with E-state index in [1.54, 1.807) is 0 Å². The maximum atomic E-state index is 5.55. The van der Waals surface area contributed by atoms with E-state index in [0.717, 1.165) is 57.0 Å². The van der Waals surface area contributed by atoms with E-state index in [1.807, 2.05) is 12.1 Å². The fourth-order valence-electron chi connectivity index (χ4n) is 2.94. The van der Waals surface area contributed by atoms with Crippen LogP contribution in [0.1, 0.15) is 18.5 Å². The third-order valence-electron chi connectivity index (χ3n) is 4.19. The predicted molar refractivity (Wildman–Crippen MR) is 85.2 cm³/mol. The highest BCUT2D eigenvalue weighted by Gasteiger charge is 2.17. The van der Waals surface area contributed by atoms with Crippen molar-refractivity contribution >= 4 is 5.65 Å². The van der Waals surface area contributed by atoms with Crippen molar-refractivity contribution in [1.29, 1.82) is 0 Å². The lowest BCUT2D eigenvalue weighted by Gasteiger charge is -2.34. The zero-order valence-electron chi connectivity index (χ0n) is 12.6. The lowest BCUT2D eigenvalue weighted by atomic mass is 10.2. The maximum absolute atomic E-state index is 5.55. The third-order valence-corrected chi connectivity index (χ3v) is 4.19. The number of nitrogens with zero attached hydrogens (tertiary/aromatic N) is 4. The molecule has 1 fully saturated rings. The number of hydrogen-bond acceptors (Lipinski definition) is 4. The lowest BCUT2D eigenvalue weighted by molar-refractivity contribution is 0.125. The Morgan fingerprint density at radius 2 is 1.86 bits per heavy atom. The lowest BCUT2D eigenvalue weighted by Crippen LogP contribution is -2.46. The number of imidazole rings is 1. The van der Waals surface area contributed by atoms with E-state index in [0.29, 0.717) is 0 Å². The van der Waals surface area contributed by atoms with Crippen molar-refractivity contribution < 1.29 is 0 Å². The molecule has 2 aromatic rings. The summed E-state index contributed by atoms with van der Waals surface area (Å²) in [5, 5.41) is 0. The summed E-state index contributed by atoms with van der Waals surface area (Å²) in [6.45, 7) is 7.56. The van der Waals surface area contributed by atoms with Gasteiger partial charge in [0, 0.05) is 45.1 Å². The highest BCUT2D eigenvalue weighted by molar-refractivity contribution is 5.39. The fourth-order valence-corrected chi connectivity index (χ4v) is 2.94. The summed E-state index contributed by atoms with van der Waals surface area (Å²) in [5.41, 5.74) is 7.75. The number of piperazine rings is 1. The number of unbranched alkanes of at least 4 members (excludes halogenated alkanes) is 1. The van der Waals surface area contributed by atoms with Gasteiger partial charge in [-0.05, 0) is 38.1 Å². The fraction of sp³-hybridized carbons (Fsp3) is 0.562. The van der Waals surface area contributed by atoms with Crippen LogP contribution in [0.25, 0.3) is 5.65 Å². The third kappa shape index (κ3) is 3.81. The van der Waals surface area contributed by atoms with Gasteiger partial charge in [-0.15, -0.1) is 0 Å². The van der Waals surface area contributed by atoms with Crippen molar-refractivity contribution in [2.75, 3.05) is 39.3 Å². The average molecular weight is 287 g/mol. The van der Waals surface area contributed by atoms with Crippen molar-refractivity contribution in [3.8, 4) is 0 Å². The minimum absolute atomic E-state index is 0.813. The van der Waals surface area contributed by atoms with Gasteiger partial charge in [0.1, 0.15) is 5.65 Å². The number of hydrogen-bond donors (Lipinski definition) is 1. The highest BCUT2D eigenvalue weighted by Crippen LogP contribution is 2.10. The quantitative estimate of drug-likeness (QED) is 0.811. The smallest absolute Gasteiger partial charge is 0.137 e. The summed E-state index contributed by atoms with van der Waals surface area (Å²) in [4.78, 5) is 9.73. The molecule has 0 atom stereocenters. The van der Waals surface area contributed by atoms with Crippen LogP contribution in [0.2, 0.25) is 0 Å². The second kappa shape index (κ2) is 7.02. The zero-order chi connectivity index (χ0) is 14.5. The monoisotopic (exact) mass is 287 g/mol. The van der Waals surface area contributed by atoms with E-state index in [9.17, 15) is 0 Å². The van der Waals surface area contributed by atoms with E-state index >= 15 is 0 Å². The van der Waals surface area contributed by atoms with Crippen LogP contribution in [0.15, 0.2) is 30.6 Å². The summed E-state index contributed by atoms with van der Waals surface area (Å²) in [6, 6.07) is 6.13. The number of fused-ring (bicyclic) bond motifs is 1. The molecule has 21 heavy (non-hydrogen) atoms. The summed E-state index contributed by atoms with van der Waals surface area (Å²) in [6.07, 6.45) is 6.56. The van der Waals surface area contributed by atoms with Gasteiger partial charge in [0.05, 0.1) is 5.69 Å². The Hall–Kier alpha value is -1.43. The second-order valence-corrected chi connectivity index (χ2v) is 5.81. The molecule has 0 unspecified atom stereocenters. The van der Waals surface area contributed by atoms with Gasteiger partial charge < -0.3 is 15.0 Å². The molecular formula is C16H25N5. The van der Waals surface area contributed by atoms with Crippen molar-refractivity contribution in [1.82, 2.24) is 19.2 Å². The highest BCUT2D eigenvalue weighted by atomic mass is 15.3. The SMILES string of the molecule is NCCCCN1CCN(Cc2cn3ccccc3n2)CC1. The molecular weight excluding hydrogens is 262 g/mol. The topological polar surface area (TPSA) is 49.8 Å². The molecule has 3 rings (SSSR count). The number of pyridine rings is 1. The molecule has 3 heterocycles. The van der Waals surface area contributed by atoms with Gasteiger partial charge in [-0.1, -0.05) is 6.07 Å². The summed E-state index contributed by atoms with van der Waals surface area (Å²) in [5.74, 6) is 0. The molecule has 0 amide bonds. The Labute approximate surface area is 126 Å². The van der Waals surface area contributed by atoms with E-state index in [-0.39, 0.29) is 0 Å². The van der Waals surface area contributed by atoms with Crippen molar-refractivity contribution in [3.05, 3.63) is 36.3 Å². The summed E-state index contributed by atoms with van der Waals surface area (Å²) in [7, 11) is 0. The molecule has 1 aliphatic heterocycles. The first-order valence-electron chi connectivity index (χ1n) is 7.92. The van der Waals surface area contributed by atoms with Crippen LogP contribution in [0.5, 0.6) is 0 Å². The van der Waals surface area contributed by atoms with Crippen LogP contribution in [-0.2, 0) is 6.54 Å². The van der Waals surface area contributed by atoms with Gasteiger partial charge in [0.2, 0.25) is 0 Å². The minimum atomic E-state index is 0.813. The first-order valence-corrected chi connectivity index (χ1v) is 7.92. The Morgan fingerprint density at radius 3 is 2.62 bits per heavy atom. The molecule has 0 aliphatic carbocycles. The van der Waals surface area contributed by atoms with Crippen LogP contribution in [0, 0.1) is 0 Å². The molecule has 1 saturated heterocycles. The van der Waals surface area contributed by atoms with E-state index in [4.69, 9.17) is 5.73 Å². The van der Waals surface area contributed by atoms with Gasteiger partial charge in [0.15, 0.2) is 0 Å². The average Bonchev–Trinajstić information content (AvgIpc) is 2.91. The van der Waals surface area contributed by atoms with Crippen LogP contribution < -0.4 is 5.73 Å². The van der Waals surface area contributed by atoms with E-state index in [2.05, 4.69) is 37.6 Å². The molecule has 0 radical (unpaired) electrons. The van der Waals surface area contributed by atoms with Crippen LogP contribution >= 0.6 is 0 Å². The summed E-state index contributed by atoms with van der Waals surface area (Å²) < 4.78 is 2.10. The number of rotatable bonds is 6. The molecule has 2 aromatic heterocycles. The van der Waals surface area contributed by atoms with Crippen LogP contribution in [0.3, 0.4) is 0 Å². The second-order valence-electron chi connectivity index (χ2n) is 5.81. The molecule has 1 aliphatic rings. The van der Waals surface area contributed by atoms with Gasteiger partial charge in [-0.3, -0.25) is 4.90 Å². The van der Waals surface area contributed by atoms with Gasteiger partial charge in [-0.2, -0.15) is 0 Å². The van der Waals surface area contributed by atoms with Crippen LogP contribution in [0.4, 0.5) is 0 Å². The molecule has 0 saturated carbocycles. The molecule has 5 nitrogen and oxygen atoms in total. The van der Waals surface area contributed by atoms with Crippen molar-refractivity contribution in [2.24, 2.45) is 5.73 Å². The number of aromatic nitrogens is 2. The van der Waals surface area contributed by atoms with E-state index in [1.165, 1.54) is 13.0 Å². The minimum Gasteiger partial charge on any atom is -0.330 e. The Bertz CT molecular complexity index is 524. The Balaban J connectivity index is 1.48. The van der Waals surface area contributed by atoms with Gasteiger partial charge in [0.25, 0.3) is 0 Å². The standard InChI is InChI=1S/C16H25N5/c17-6-2-4-7-19-9-11-20(12-10-19)13-15-14-21-8-3-1-5-16(21)18-15/h1,3,5,8,14H,2,4,6-7,9-13,17H2. The molecule has 0 aromatic carbocycles. The first-order chi connectivity index (χ1) is 10.3. The Kier molecular flexibility index (Phi) is 4.85.